The number of likely N-dealkylation sites (N-methyl/N-ethyl adjacent to an activating group) is 1. The molecule has 17 rings (SSSR count). The van der Waals surface area contributed by atoms with E-state index in [4.69, 9.17) is 108 Å². The molecule has 10 aromatic heterocycles. The third-order valence-electron chi connectivity index (χ3n) is 22.6. The summed E-state index contributed by atoms with van der Waals surface area (Å²) in [6, 6.07) is 46.1. The van der Waals surface area contributed by atoms with Gasteiger partial charge in [0.25, 0.3) is 11.8 Å². The van der Waals surface area contributed by atoms with Gasteiger partial charge < -0.3 is 89.4 Å². The van der Waals surface area contributed by atoms with Gasteiger partial charge in [-0.1, -0.05) is 135 Å². The highest BCUT2D eigenvalue weighted by Crippen LogP contribution is 2.42. The number of aryl methyl sites for hydroxylation is 5. The molecule has 1 fully saturated rings. The third kappa shape index (κ3) is 25.3. The number of hydrogen-bond acceptors (Lipinski definition) is 24. The number of aromatic nitrogens is 15. The zero-order valence-electron chi connectivity index (χ0n) is 77.8. The van der Waals surface area contributed by atoms with Crippen LogP contribution in [0.4, 0.5) is 35.4 Å². The Morgan fingerprint density at radius 2 is 0.690 bits per heavy atom. The van der Waals surface area contributed by atoms with Crippen LogP contribution in [0.15, 0.2) is 196 Å². The fourth-order valence-corrected chi connectivity index (χ4v) is 17.7. The molecular formula is C102H96Br3Cl5N24O8. The lowest BCUT2D eigenvalue weighted by molar-refractivity contribution is 0.0518. The van der Waals surface area contributed by atoms with Crippen molar-refractivity contribution in [2.24, 2.45) is 11.5 Å². The number of carboxylic acid groups (broad SMARTS) is 1. The zero-order valence-corrected chi connectivity index (χ0v) is 86.4. The molecule has 20 N–H and O–H groups in total. The maximum absolute atomic E-state index is 12.6. The average molecular weight is 2200 g/mol. The number of halogens is 8. The van der Waals surface area contributed by atoms with E-state index in [2.05, 4.69) is 163 Å². The Balaban J connectivity index is 0.000000151. The van der Waals surface area contributed by atoms with Crippen molar-refractivity contribution in [3.8, 4) is 125 Å². The second kappa shape index (κ2) is 47.8. The van der Waals surface area contributed by atoms with E-state index >= 15 is 0 Å². The first-order chi connectivity index (χ1) is 68.1. The highest BCUT2D eigenvalue weighted by molar-refractivity contribution is 9.11. The first-order valence-corrected chi connectivity index (χ1v) is 48.8. The lowest BCUT2D eigenvalue weighted by Gasteiger charge is -2.34. The van der Waals surface area contributed by atoms with Crippen molar-refractivity contribution >= 4 is 171 Å². The van der Waals surface area contributed by atoms with Crippen LogP contribution < -0.4 is 45.0 Å². The number of esters is 2. The van der Waals surface area contributed by atoms with Gasteiger partial charge in [0.15, 0.2) is 0 Å². The number of nitrogens with one attached hydrogen (secondary N) is 5. The number of nitrogens with zero attached hydrogens (tertiary/aromatic N) is 12. The van der Waals surface area contributed by atoms with Crippen LogP contribution >= 0.6 is 106 Å². The van der Waals surface area contributed by atoms with Crippen molar-refractivity contribution in [2.45, 2.75) is 80.6 Å². The summed E-state index contributed by atoms with van der Waals surface area (Å²) in [5.74, 6) is 4.04. The standard InChI is InChI=1S/C30H30ClN7O.C19H18BrClN4O2.C19H19ClN4O2.C17H15BrClN5O.C17H14BrClN4O2/c1-3-20-8-9-22(31)16-24(20)28-25(29(32)39)17-26(35-28)27-21(18-34-30(33)36-27)7-4-19-5-10-23(11-6-19)38-14-12-37(2)13-15-38;1-3-10-5-6-11(21)7-12(10)16-13(18(26)27-4-2)8-15(24-16)17-14(20)9-23-19(22)25-17;1-3-11-5-6-12(20)9-13(11)17-14(18(25)26-4-2)10-16(23-17)15-7-8-22-19(21)24-15;1-2-8-3-4-9(19)5-10(8)14-11(16(20)25)6-13(23-14)15-12(18)7-22-17(21)24-15;1-2-8-3-4-9(19)5-10(8)14-11(16(24)25)6-13(22-14)15-12(18)7-21-17(20)23-15/h5-6,8-11,16-18,35H,3,12-15H2,1-2H3,(H2,32,39)(H2,33,34,36);5-9,24H,3-4H2,1-2H3,(H2,22,23,25);5-10,23H,3-4H2,1-2H3,(H2,21,22,24);3-7,23H,2H2,1H3,(H2,20,25)(H2,21,22,24);3-7,22H,2H2,1H3,(H,24,25)(H2,20,21,23). The van der Waals surface area contributed by atoms with Gasteiger partial charge in [-0.25, -0.2) is 64.2 Å². The molecule has 16 aromatic rings. The number of ether oxygens (including phenoxy) is 2. The monoisotopic (exact) mass is 2200 g/mol. The number of anilines is 6. The molecule has 11 heterocycles. The molecule has 0 bridgehead atoms. The van der Waals surface area contributed by atoms with Crippen LogP contribution in [-0.2, 0) is 41.6 Å². The number of carboxylic acids is 1. The number of piperazine rings is 1. The Labute approximate surface area is 867 Å². The normalized spacial score (nSPS) is 11.6. The summed E-state index contributed by atoms with van der Waals surface area (Å²) >= 11 is 41.2. The minimum absolute atomic E-state index is 0.0980. The summed E-state index contributed by atoms with van der Waals surface area (Å²) in [5.41, 5.74) is 62.1. The molecule has 6 aromatic carbocycles. The van der Waals surface area contributed by atoms with Crippen LogP contribution in [0.3, 0.4) is 0 Å². The number of H-pyrrole nitrogens is 5. The Kier molecular flexibility index (Phi) is 35.3. The number of carbonyl (C=O) groups excluding carboxylic acids is 4. The smallest absolute Gasteiger partial charge is 0.340 e. The van der Waals surface area contributed by atoms with E-state index in [0.717, 1.165) is 119 Å². The molecular weight excluding hydrogens is 2110 g/mol. The molecule has 0 atom stereocenters. The summed E-state index contributed by atoms with van der Waals surface area (Å²) in [6.07, 6.45) is 11.7. The quantitative estimate of drug-likeness (QED) is 0.0209. The van der Waals surface area contributed by atoms with Crippen LogP contribution in [0.5, 0.6) is 0 Å². The largest absolute Gasteiger partial charge is 0.478 e. The second-order valence-electron chi connectivity index (χ2n) is 31.8. The molecule has 1 saturated heterocycles. The highest BCUT2D eigenvalue weighted by atomic mass is 79.9. The summed E-state index contributed by atoms with van der Waals surface area (Å²) in [6.45, 7) is 18.4. The SMILES string of the molecule is CCOC(=O)c1cc(-c2ccnc(N)n2)[nH]c1-c1cc(Cl)ccc1CC.CCOC(=O)c1cc(-c2nc(N)ncc2Br)[nH]c1-c1cc(Cl)ccc1CC.CCc1ccc(Cl)cc1-c1[nH]c(-c2nc(N)ncc2Br)cc1C(=O)O.CCc1ccc(Cl)cc1-c1[nH]c(-c2nc(N)ncc2Br)cc1C(N)=O.CCc1ccc(Cl)cc1-c1[nH]c(-c2nc(N)ncc2C#Cc2ccc(N3CCN(C)CC3)cc2)cc1C(N)=O. The van der Waals surface area contributed by atoms with Crippen molar-refractivity contribution in [3.05, 3.63) is 288 Å². The first kappa shape index (κ1) is 105. The van der Waals surface area contributed by atoms with Gasteiger partial charge in [-0.05, 0) is 250 Å². The number of benzene rings is 6. The molecule has 1 aliphatic heterocycles. The number of rotatable bonds is 23. The second-order valence-corrected chi connectivity index (χ2v) is 36.5. The molecule has 0 saturated carbocycles. The number of carbonyl (C=O) groups is 5. The molecule has 0 aliphatic carbocycles. The lowest BCUT2D eigenvalue weighted by Crippen LogP contribution is -2.44. The predicted molar refractivity (Wildman–Crippen MR) is 571 cm³/mol. The third-order valence-corrected chi connectivity index (χ3v) is 25.5. The Morgan fingerprint density at radius 1 is 0.380 bits per heavy atom. The number of nitrogens with two attached hydrogens (primary N) is 7. The first-order valence-electron chi connectivity index (χ1n) is 44.5. The maximum Gasteiger partial charge on any atom is 0.340 e. The van der Waals surface area contributed by atoms with E-state index in [1.165, 1.54) is 18.0 Å². The summed E-state index contributed by atoms with van der Waals surface area (Å²) in [5, 5.41) is 12.5. The molecule has 0 radical (unpaired) electrons. The predicted octanol–water partition coefficient (Wildman–Crippen LogP) is 21.4. The van der Waals surface area contributed by atoms with Gasteiger partial charge in [0.2, 0.25) is 29.7 Å². The fourth-order valence-electron chi connectivity index (χ4n) is 15.6. The topological polar surface area (TPSA) is 521 Å². The number of aromatic amines is 5. The van der Waals surface area contributed by atoms with Gasteiger partial charge in [0.05, 0.1) is 123 Å². The van der Waals surface area contributed by atoms with E-state index in [-0.39, 0.29) is 48.5 Å². The number of aromatic carboxylic acids is 1. The van der Waals surface area contributed by atoms with Gasteiger partial charge in [-0.2, -0.15) is 0 Å². The Morgan fingerprint density at radius 3 is 1.04 bits per heavy atom. The van der Waals surface area contributed by atoms with E-state index in [1.54, 1.807) is 81.1 Å². The van der Waals surface area contributed by atoms with E-state index in [1.807, 2.05) is 126 Å². The lowest BCUT2D eigenvalue weighted by atomic mass is 10.00. The van der Waals surface area contributed by atoms with Gasteiger partial charge in [0.1, 0.15) is 22.8 Å². The molecule has 2 amide bonds. The molecule has 142 heavy (non-hydrogen) atoms. The fraction of sp³-hybridized carbons (Fsp3) is 0.186. The molecule has 0 unspecified atom stereocenters. The number of amides is 2. The van der Waals surface area contributed by atoms with Crippen molar-refractivity contribution in [1.29, 1.82) is 0 Å². The maximum atomic E-state index is 12.6. The van der Waals surface area contributed by atoms with Crippen molar-refractivity contribution in [2.75, 3.05) is 80.0 Å². The average Bonchev–Trinajstić information content (AvgIpc) is 1.63. The minimum Gasteiger partial charge on any atom is -0.478 e. The van der Waals surface area contributed by atoms with Crippen LogP contribution in [0.25, 0.3) is 113 Å². The Bertz CT molecular complexity index is 7320. The molecule has 40 heteroatoms. The van der Waals surface area contributed by atoms with Crippen LogP contribution in [0, 0.1) is 11.8 Å². The Hall–Kier alpha value is -14.3. The van der Waals surface area contributed by atoms with Crippen LogP contribution in [0.2, 0.25) is 25.1 Å². The number of nitrogen functional groups attached to an aromatic ring is 5. The molecule has 728 valence electrons. The van der Waals surface area contributed by atoms with E-state index < -0.39 is 29.7 Å². The zero-order chi connectivity index (χ0) is 102. The molecule has 32 nitrogen and oxygen atoms in total. The summed E-state index contributed by atoms with van der Waals surface area (Å²) in [7, 11) is 2.15. The van der Waals surface area contributed by atoms with Crippen LogP contribution in [0.1, 0.15) is 139 Å². The summed E-state index contributed by atoms with van der Waals surface area (Å²) in [4.78, 5) is 123. The van der Waals surface area contributed by atoms with Gasteiger partial charge in [0, 0.05) is 121 Å². The van der Waals surface area contributed by atoms with E-state index in [9.17, 15) is 29.1 Å². The van der Waals surface area contributed by atoms with Crippen molar-refractivity contribution < 1.29 is 38.6 Å². The van der Waals surface area contributed by atoms with Gasteiger partial charge in [-0.15, -0.1) is 0 Å². The van der Waals surface area contributed by atoms with Gasteiger partial charge in [-0.3, -0.25) is 9.59 Å². The van der Waals surface area contributed by atoms with Crippen molar-refractivity contribution in [1.82, 2.24) is 79.7 Å². The molecule has 1 aliphatic rings. The van der Waals surface area contributed by atoms with Gasteiger partial charge >= 0.3 is 17.9 Å². The number of hydrogen-bond donors (Lipinski definition) is 13. The summed E-state index contributed by atoms with van der Waals surface area (Å²) < 4.78 is 12.4. The van der Waals surface area contributed by atoms with Crippen LogP contribution in [-0.4, -0.2) is 161 Å². The van der Waals surface area contributed by atoms with E-state index in [0.29, 0.717) is 152 Å². The minimum atomic E-state index is -1.04. The van der Waals surface area contributed by atoms with Crippen molar-refractivity contribution in [3.63, 3.8) is 0 Å². The highest BCUT2D eigenvalue weighted by Gasteiger charge is 2.29. The molecule has 0 spiro atoms. The number of primary amides is 2.